The van der Waals surface area contributed by atoms with Gasteiger partial charge in [-0.25, -0.2) is 0 Å². The highest BCUT2D eigenvalue weighted by molar-refractivity contribution is 6.08. The first kappa shape index (κ1) is 12.6. The Morgan fingerprint density at radius 1 is 1.39 bits per heavy atom. The van der Waals surface area contributed by atoms with Crippen molar-refractivity contribution in [3.05, 3.63) is 35.0 Å². The molecule has 0 saturated heterocycles. The largest absolute Gasteiger partial charge is 0.383 e. The molecule has 2 rings (SSSR count). The zero-order chi connectivity index (χ0) is 13.1. The van der Waals surface area contributed by atoms with E-state index in [1.54, 1.807) is 7.11 Å². The average molecular weight is 246 g/mol. The van der Waals surface area contributed by atoms with Gasteiger partial charge in [-0.05, 0) is 19.4 Å². The lowest BCUT2D eigenvalue weighted by molar-refractivity contribution is 0.0938. The minimum absolute atomic E-state index is 0.0543. The van der Waals surface area contributed by atoms with Crippen LogP contribution in [-0.2, 0) is 4.74 Å². The van der Waals surface area contributed by atoms with E-state index in [1.807, 2.05) is 32.0 Å². The van der Waals surface area contributed by atoms with Gasteiger partial charge in [0.25, 0.3) is 5.91 Å². The highest BCUT2D eigenvalue weighted by Crippen LogP contribution is 2.24. The molecule has 1 aromatic carbocycles. The van der Waals surface area contributed by atoms with E-state index in [1.165, 1.54) is 0 Å². The van der Waals surface area contributed by atoms with E-state index in [4.69, 9.17) is 4.74 Å². The lowest BCUT2D eigenvalue weighted by Crippen LogP contribution is -2.27. The number of H-pyrrole nitrogens is 1. The van der Waals surface area contributed by atoms with Crippen LogP contribution in [-0.4, -0.2) is 31.2 Å². The lowest BCUT2D eigenvalue weighted by atomic mass is 10.1. The molecule has 2 N–H and O–H groups in total. The van der Waals surface area contributed by atoms with Crippen LogP contribution in [0.5, 0.6) is 0 Å². The van der Waals surface area contributed by atoms with Gasteiger partial charge in [-0.3, -0.25) is 4.79 Å². The summed E-state index contributed by atoms with van der Waals surface area (Å²) in [6, 6.07) is 5.97. The Balaban J connectivity index is 2.35. The molecule has 0 saturated carbocycles. The second-order valence-electron chi connectivity index (χ2n) is 4.37. The first-order valence-corrected chi connectivity index (χ1v) is 6.00. The lowest BCUT2D eigenvalue weighted by Gasteiger charge is -2.04. The molecule has 0 aliphatic rings. The van der Waals surface area contributed by atoms with Gasteiger partial charge in [-0.15, -0.1) is 0 Å². The van der Waals surface area contributed by atoms with Gasteiger partial charge in [-0.2, -0.15) is 0 Å². The molecule has 18 heavy (non-hydrogen) atoms. The molecular formula is C14H18N2O2. The van der Waals surface area contributed by atoms with E-state index in [-0.39, 0.29) is 5.91 Å². The molecule has 0 unspecified atom stereocenters. The van der Waals surface area contributed by atoms with E-state index in [2.05, 4.69) is 10.3 Å². The predicted octanol–water partition coefficient (Wildman–Crippen LogP) is 2.16. The number of aromatic nitrogens is 1. The fraction of sp³-hybridized carbons (Fsp3) is 0.357. The molecule has 96 valence electrons. The Kier molecular flexibility index (Phi) is 3.67. The molecule has 0 atom stereocenters. The van der Waals surface area contributed by atoms with Gasteiger partial charge in [0, 0.05) is 30.3 Å². The number of nitrogens with one attached hydrogen (secondary N) is 2. The van der Waals surface area contributed by atoms with Gasteiger partial charge >= 0.3 is 0 Å². The maximum absolute atomic E-state index is 12.1. The van der Waals surface area contributed by atoms with Crippen LogP contribution in [0.1, 0.15) is 21.6 Å². The van der Waals surface area contributed by atoms with Crippen molar-refractivity contribution in [1.29, 1.82) is 0 Å². The van der Waals surface area contributed by atoms with Crippen molar-refractivity contribution in [2.45, 2.75) is 13.8 Å². The van der Waals surface area contributed by atoms with E-state index in [0.717, 1.165) is 27.7 Å². The number of rotatable bonds is 4. The van der Waals surface area contributed by atoms with Crippen LogP contribution in [0.25, 0.3) is 10.9 Å². The summed E-state index contributed by atoms with van der Waals surface area (Å²) >= 11 is 0. The number of hydrogen-bond acceptors (Lipinski definition) is 2. The topological polar surface area (TPSA) is 54.1 Å². The summed E-state index contributed by atoms with van der Waals surface area (Å²) in [4.78, 5) is 15.4. The van der Waals surface area contributed by atoms with Crippen molar-refractivity contribution in [3.63, 3.8) is 0 Å². The third-order valence-corrected chi connectivity index (χ3v) is 3.05. The number of carbonyl (C=O) groups excluding carboxylic acids is 1. The minimum atomic E-state index is -0.0543. The summed E-state index contributed by atoms with van der Waals surface area (Å²) in [6.45, 7) is 5.00. The van der Waals surface area contributed by atoms with Crippen LogP contribution in [0.3, 0.4) is 0 Å². The summed E-state index contributed by atoms with van der Waals surface area (Å²) in [5.41, 5.74) is 3.80. The molecule has 1 heterocycles. The highest BCUT2D eigenvalue weighted by Gasteiger charge is 2.16. The Bertz CT molecular complexity index is 572. The third kappa shape index (κ3) is 2.24. The zero-order valence-corrected chi connectivity index (χ0v) is 11.0. The van der Waals surface area contributed by atoms with Crippen molar-refractivity contribution < 1.29 is 9.53 Å². The fourth-order valence-corrected chi connectivity index (χ4v) is 2.14. The molecule has 0 aliphatic carbocycles. The van der Waals surface area contributed by atoms with Crippen LogP contribution in [0.4, 0.5) is 0 Å². The number of amides is 1. The summed E-state index contributed by atoms with van der Waals surface area (Å²) in [5, 5.41) is 3.83. The van der Waals surface area contributed by atoms with E-state index in [0.29, 0.717) is 13.2 Å². The summed E-state index contributed by atoms with van der Waals surface area (Å²) in [6.07, 6.45) is 0. The number of ether oxygens (including phenoxy) is 1. The molecule has 4 nitrogen and oxygen atoms in total. The van der Waals surface area contributed by atoms with Crippen LogP contribution >= 0.6 is 0 Å². The van der Waals surface area contributed by atoms with Crippen molar-refractivity contribution in [2.24, 2.45) is 0 Å². The summed E-state index contributed by atoms with van der Waals surface area (Å²) in [7, 11) is 1.62. The molecule has 0 fully saturated rings. The van der Waals surface area contributed by atoms with Crippen molar-refractivity contribution in [1.82, 2.24) is 10.3 Å². The fourth-order valence-electron chi connectivity index (χ4n) is 2.14. The van der Waals surface area contributed by atoms with Gasteiger partial charge in [-0.1, -0.05) is 18.2 Å². The number of fused-ring (bicyclic) bond motifs is 1. The average Bonchev–Trinajstić information content (AvgIpc) is 2.67. The maximum atomic E-state index is 12.1. The number of aryl methyl sites for hydroxylation is 2. The maximum Gasteiger partial charge on any atom is 0.253 e. The third-order valence-electron chi connectivity index (χ3n) is 3.05. The Morgan fingerprint density at radius 3 is 2.89 bits per heavy atom. The van der Waals surface area contributed by atoms with Crippen LogP contribution in [0.2, 0.25) is 0 Å². The number of carbonyl (C=O) groups is 1. The van der Waals surface area contributed by atoms with E-state index >= 15 is 0 Å². The standard InChI is InChI=1S/C14H18N2O2/c1-9-5-4-6-11-12(10(2)16-13(9)11)14(17)15-7-8-18-3/h4-6,16H,7-8H2,1-3H3,(H,15,17). The first-order valence-electron chi connectivity index (χ1n) is 6.00. The summed E-state index contributed by atoms with van der Waals surface area (Å²) < 4.78 is 4.92. The number of methoxy groups -OCH3 is 1. The quantitative estimate of drug-likeness (QED) is 0.812. The summed E-state index contributed by atoms with van der Waals surface area (Å²) in [5.74, 6) is -0.0543. The SMILES string of the molecule is COCCNC(=O)c1c(C)[nH]c2c(C)cccc12. The van der Waals surface area contributed by atoms with E-state index < -0.39 is 0 Å². The second kappa shape index (κ2) is 5.23. The molecule has 2 aromatic rings. The van der Waals surface area contributed by atoms with Gasteiger partial charge in [0.1, 0.15) is 0 Å². The minimum Gasteiger partial charge on any atom is -0.383 e. The Labute approximate surface area is 106 Å². The Morgan fingerprint density at radius 2 is 2.17 bits per heavy atom. The van der Waals surface area contributed by atoms with Crippen LogP contribution in [0.15, 0.2) is 18.2 Å². The van der Waals surface area contributed by atoms with Gasteiger partial charge in [0.2, 0.25) is 0 Å². The number of benzene rings is 1. The van der Waals surface area contributed by atoms with Gasteiger partial charge in [0.05, 0.1) is 12.2 Å². The highest BCUT2D eigenvalue weighted by atomic mass is 16.5. The van der Waals surface area contributed by atoms with Crippen LogP contribution in [0, 0.1) is 13.8 Å². The molecule has 0 spiro atoms. The smallest absolute Gasteiger partial charge is 0.253 e. The van der Waals surface area contributed by atoms with Gasteiger partial charge < -0.3 is 15.0 Å². The number of aromatic amines is 1. The normalized spacial score (nSPS) is 10.8. The molecule has 1 aromatic heterocycles. The van der Waals surface area contributed by atoms with Crippen molar-refractivity contribution in [2.75, 3.05) is 20.3 Å². The second-order valence-corrected chi connectivity index (χ2v) is 4.37. The first-order chi connectivity index (χ1) is 8.65. The molecular weight excluding hydrogens is 228 g/mol. The molecule has 4 heteroatoms. The van der Waals surface area contributed by atoms with Crippen molar-refractivity contribution in [3.8, 4) is 0 Å². The van der Waals surface area contributed by atoms with Crippen molar-refractivity contribution >= 4 is 16.8 Å². The monoisotopic (exact) mass is 246 g/mol. The molecule has 1 amide bonds. The molecule has 0 radical (unpaired) electrons. The predicted molar refractivity (Wildman–Crippen MR) is 72.0 cm³/mol. The molecule has 0 bridgehead atoms. The van der Waals surface area contributed by atoms with Gasteiger partial charge in [0.15, 0.2) is 0 Å². The zero-order valence-electron chi connectivity index (χ0n) is 11.0. The van der Waals surface area contributed by atoms with E-state index in [9.17, 15) is 4.79 Å². The Hall–Kier alpha value is -1.81. The molecule has 0 aliphatic heterocycles. The number of para-hydroxylation sites is 1. The number of hydrogen-bond donors (Lipinski definition) is 2. The van der Waals surface area contributed by atoms with Crippen LogP contribution < -0.4 is 5.32 Å².